The summed E-state index contributed by atoms with van der Waals surface area (Å²) in [4.78, 5) is 24.0. The highest BCUT2D eigenvalue weighted by molar-refractivity contribution is 8.76. The van der Waals surface area contributed by atoms with E-state index < -0.39 is 23.2 Å². The van der Waals surface area contributed by atoms with Gasteiger partial charge in [-0.25, -0.2) is 0 Å². The first-order valence-corrected chi connectivity index (χ1v) is 16.9. The number of carbonyl (C=O) groups excluding carboxylic acids is 2. The summed E-state index contributed by atoms with van der Waals surface area (Å²) in [5.41, 5.74) is 0.0622. The highest BCUT2D eigenvalue weighted by atomic mass is 33.1. The lowest BCUT2D eigenvalue weighted by molar-refractivity contribution is -0.120. The predicted molar refractivity (Wildman–Crippen MR) is 179 cm³/mol. The molecule has 0 aromatic heterocycles. The van der Waals surface area contributed by atoms with Gasteiger partial charge in [0, 0.05) is 36.6 Å². The van der Waals surface area contributed by atoms with Crippen molar-refractivity contribution in [2.45, 2.75) is 58.3 Å². The lowest BCUT2D eigenvalue weighted by atomic mass is 10.1. The van der Waals surface area contributed by atoms with Crippen LogP contribution in [0.15, 0.2) is 85.0 Å². The van der Waals surface area contributed by atoms with Crippen LogP contribution in [0.2, 0.25) is 0 Å². The number of phenols is 3. The van der Waals surface area contributed by atoms with E-state index in [4.69, 9.17) is 0 Å². The van der Waals surface area contributed by atoms with E-state index in [0.717, 1.165) is 56.4 Å². The first-order valence-electron chi connectivity index (χ1n) is 14.4. The van der Waals surface area contributed by atoms with Crippen molar-refractivity contribution >= 4 is 33.4 Å². The zero-order chi connectivity index (χ0) is 30.7. The Hall–Kier alpha value is -3.30. The standard InChI is InChI=1S/C33H46N2O5S2/c1-2-3-4-5-6-7-8-9-10-11-12-13-14-15-16-17-18-19-20-21-31(38)34-22-24-41-42-25-23-35-33(40)28-26-29(36)32(39)30(37)27-28/h3-4,6-7,9-10,12-13,15-16,18-19,26-27,36-37,39H,2,5,8,11,14,17,20-25H2,1H3,(H,34,38)(H,35,40)/b4-3-,7-6-,10-9-,13-12-,16-15-,19-18-. The number of carbonyl (C=O) groups is 2. The second-order valence-electron chi connectivity index (χ2n) is 9.07. The molecule has 42 heavy (non-hydrogen) atoms. The van der Waals surface area contributed by atoms with Gasteiger partial charge >= 0.3 is 0 Å². The van der Waals surface area contributed by atoms with E-state index in [1.165, 1.54) is 0 Å². The minimum absolute atomic E-state index is 0.0350. The maximum Gasteiger partial charge on any atom is 0.251 e. The van der Waals surface area contributed by atoms with Gasteiger partial charge in [-0.15, -0.1) is 0 Å². The molecule has 0 fully saturated rings. The third-order valence-electron chi connectivity index (χ3n) is 5.53. The molecule has 0 atom stereocenters. The molecular formula is C33H46N2O5S2. The molecule has 230 valence electrons. The largest absolute Gasteiger partial charge is 0.504 e. The molecule has 5 N–H and O–H groups in total. The molecule has 0 saturated carbocycles. The molecule has 0 radical (unpaired) electrons. The zero-order valence-corrected chi connectivity index (χ0v) is 26.2. The Labute approximate surface area is 259 Å². The van der Waals surface area contributed by atoms with Gasteiger partial charge in [0.1, 0.15) is 0 Å². The topological polar surface area (TPSA) is 119 Å². The second-order valence-corrected chi connectivity index (χ2v) is 11.8. The summed E-state index contributed by atoms with van der Waals surface area (Å²) in [7, 11) is 3.18. The number of benzene rings is 1. The Morgan fingerprint density at radius 3 is 1.57 bits per heavy atom. The fourth-order valence-electron chi connectivity index (χ4n) is 3.34. The third-order valence-corrected chi connectivity index (χ3v) is 7.94. The number of aromatic hydroxyl groups is 3. The average molecular weight is 615 g/mol. The Kier molecular flexibility index (Phi) is 22.2. The van der Waals surface area contributed by atoms with E-state index in [0.29, 0.717) is 31.7 Å². The van der Waals surface area contributed by atoms with E-state index >= 15 is 0 Å². The Balaban J connectivity index is 1.95. The van der Waals surface area contributed by atoms with Gasteiger partial charge < -0.3 is 26.0 Å². The Bertz CT molecular complexity index is 1070. The van der Waals surface area contributed by atoms with E-state index in [2.05, 4.69) is 84.4 Å². The van der Waals surface area contributed by atoms with Crippen LogP contribution in [-0.4, -0.2) is 51.7 Å². The Morgan fingerprint density at radius 1 is 0.667 bits per heavy atom. The Morgan fingerprint density at radius 2 is 1.10 bits per heavy atom. The lowest BCUT2D eigenvalue weighted by Gasteiger charge is -2.07. The molecular weight excluding hydrogens is 569 g/mol. The van der Waals surface area contributed by atoms with Crippen molar-refractivity contribution in [2.75, 3.05) is 24.6 Å². The number of allylic oxidation sites excluding steroid dienone is 12. The molecule has 1 rings (SSSR count). The highest BCUT2D eigenvalue weighted by Gasteiger charge is 2.13. The summed E-state index contributed by atoms with van der Waals surface area (Å²) in [5, 5.41) is 33.9. The number of hydrogen-bond acceptors (Lipinski definition) is 7. The van der Waals surface area contributed by atoms with Gasteiger partial charge in [-0.2, -0.15) is 0 Å². The molecule has 0 bridgehead atoms. The number of hydrogen-bond donors (Lipinski definition) is 5. The van der Waals surface area contributed by atoms with Gasteiger partial charge in [0.05, 0.1) is 0 Å². The molecule has 9 heteroatoms. The predicted octanol–water partition coefficient (Wildman–Crippen LogP) is 7.51. The first-order chi connectivity index (χ1) is 20.5. The van der Waals surface area contributed by atoms with Crippen LogP contribution in [0.4, 0.5) is 0 Å². The van der Waals surface area contributed by atoms with Crippen LogP contribution >= 0.6 is 21.6 Å². The van der Waals surface area contributed by atoms with Crippen LogP contribution in [0, 0.1) is 0 Å². The molecule has 0 aliphatic rings. The van der Waals surface area contributed by atoms with Crippen LogP contribution in [0.1, 0.15) is 68.6 Å². The molecule has 1 aromatic rings. The molecule has 0 aliphatic carbocycles. The molecule has 7 nitrogen and oxygen atoms in total. The monoisotopic (exact) mass is 614 g/mol. The molecule has 0 spiro atoms. The average Bonchev–Trinajstić information content (AvgIpc) is 2.98. The smallest absolute Gasteiger partial charge is 0.251 e. The van der Waals surface area contributed by atoms with E-state index in [1.807, 2.05) is 6.08 Å². The van der Waals surface area contributed by atoms with Crippen LogP contribution in [-0.2, 0) is 4.79 Å². The molecule has 0 saturated heterocycles. The van der Waals surface area contributed by atoms with Crippen molar-refractivity contribution in [1.82, 2.24) is 10.6 Å². The maximum atomic E-state index is 12.1. The SMILES string of the molecule is CC/C=C\C/C=C\C/C=C\C/C=C\C/C=C\C/C=C\CCC(=O)NCCSSCCNC(=O)c1cc(O)c(O)c(O)c1. The highest BCUT2D eigenvalue weighted by Crippen LogP contribution is 2.35. The summed E-state index contributed by atoms with van der Waals surface area (Å²) >= 11 is 0. The molecule has 0 aliphatic heterocycles. The van der Waals surface area contributed by atoms with Crippen LogP contribution in [0.5, 0.6) is 17.2 Å². The minimum Gasteiger partial charge on any atom is -0.504 e. The van der Waals surface area contributed by atoms with Crippen molar-refractivity contribution < 1.29 is 24.9 Å². The van der Waals surface area contributed by atoms with E-state index in [1.54, 1.807) is 21.6 Å². The number of phenolic OH excluding ortho intramolecular Hbond substituents is 3. The van der Waals surface area contributed by atoms with Gasteiger partial charge in [0.2, 0.25) is 5.91 Å². The van der Waals surface area contributed by atoms with Gasteiger partial charge in [0.25, 0.3) is 5.91 Å². The quantitative estimate of drug-likeness (QED) is 0.0397. The van der Waals surface area contributed by atoms with Crippen LogP contribution < -0.4 is 10.6 Å². The summed E-state index contributed by atoms with van der Waals surface area (Å²) in [5.74, 6) is -0.765. The van der Waals surface area contributed by atoms with Gasteiger partial charge in [0.15, 0.2) is 17.2 Å². The summed E-state index contributed by atoms with van der Waals surface area (Å²) in [6.07, 6.45) is 33.0. The molecule has 2 amide bonds. The van der Waals surface area contributed by atoms with E-state index in [9.17, 15) is 24.9 Å². The summed E-state index contributed by atoms with van der Waals surface area (Å²) in [6.45, 7) is 3.13. The van der Waals surface area contributed by atoms with Gasteiger partial charge in [-0.3, -0.25) is 9.59 Å². The zero-order valence-electron chi connectivity index (χ0n) is 24.5. The number of amides is 2. The van der Waals surface area contributed by atoms with Crippen molar-refractivity contribution in [1.29, 1.82) is 0 Å². The fourth-order valence-corrected chi connectivity index (χ4v) is 5.15. The number of nitrogens with one attached hydrogen (secondary N) is 2. The van der Waals surface area contributed by atoms with Crippen molar-refractivity contribution in [3.8, 4) is 17.2 Å². The molecule has 0 unspecified atom stereocenters. The van der Waals surface area contributed by atoms with E-state index in [-0.39, 0.29) is 11.5 Å². The van der Waals surface area contributed by atoms with Crippen molar-refractivity contribution in [3.63, 3.8) is 0 Å². The lowest BCUT2D eigenvalue weighted by Crippen LogP contribution is -2.26. The summed E-state index contributed by atoms with van der Waals surface area (Å²) < 4.78 is 0. The molecule has 0 heterocycles. The van der Waals surface area contributed by atoms with Gasteiger partial charge in [-0.1, -0.05) is 101 Å². The molecule has 1 aromatic carbocycles. The van der Waals surface area contributed by atoms with Crippen LogP contribution in [0.25, 0.3) is 0 Å². The maximum absolute atomic E-state index is 12.1. The van der Waals surface area contributed by atoms with Gasteiger partial charge in [-0.05, 0) is 57.1 Å². The number of rotatable bonds is 22. The summed E-state index contributed by atoms with van der Waals surface area (Å²) in [6, 6.07) is 2.19. The minimum atomic E-state index is -0.653. The normalized spacial score (nSPS) is 12.2. The third kappa shape index (κ3) is 19.7. The van der Waals surface area contributed by atoms with Crippen molar-refractivity contribution in [2.24, 2.45) is 0 Å². The van der Waals surface area contributed by atoms with Crippen LogP contribution in [0.3, 0.4) is 0 Å². The fraction of sp³-hybridized carbons (Fsp3) is 0.394. The second kappa shape index (κ2) is 25.4. The first kappa shape index (κ1) is 36.7. The van der Waals surface area contributed by atoms with Crippen molar-refractivity contribution in [3.05, 3.63) is 90.6 Å².